The molecule has 1 aliphatic rings. The van der Waals surface area contributed by atoms with Crippen molar-refractivity contribution in [2.75, 3.05) is 28.9 Å². The van der Waals surface area contributed by atoms with E-state index in [2.05, 4.69) is 15.2 Å². The fourth-order valence-electron chi connectivity index (χ4n) is 3.09. The van der Waals surface area contributed by atoms with Gasteiger partial charge < -0.3 is 4.42 Å². The molecule has 13 heteroatoms. The van der Waals surface area contributed by atoms with Gasteiger partial charge in [-0.15, -0.1) is 10.2 Å². The van der Waals surface area contributed by atoms with Crippen LogP contribution < -0.4 is 4.31 Å². The molecule has 1 saturated heterocycles. The van der Waals surface area contributed by atoms with Crippen LogP contribution in [0.2, 0.25) is 0 Å². The fraction of sp³-hybridized carbons (Fsp3) is 0.316. The molecule has 0 aliphatic carbocycles. The first-order valence-electron chi connectivity index (χ1n) is 9.52. The molecule has 1 fully saturated rings. The Bertz CT molecular complexity index is 1170. The van der Waals surface area contributed by atoms with Crippen molar-refractivity contribution >= 4 is 27.7 Å². The highest BCUT2D eigenvalue weighted by Gasteiger charge is 2.32. The summed E-state index contributed by atoms with van der Waals surface area (Å²) in [6, 6.07) is 8.37. The average molecular weight is 486 g/mol. The van der Waals surface area contributed by atoms with Crippen molar-refractivity contribution in [3.05, 3.63) is 60.0 Å². The average Bonchev–Trinajstić information content (AvgIpc) is 3.29. The van der Waals surface area contributed by atoms with Gasteiger partial charge in [-0.2, -0.15) is 33.3 Å². The zero-order valence-electron chi connectivity index (χ0n) is 16.6. The van der Waals surface area contributed by atoms with Crippen LogP contribution in [0.5, 0.6) is 0 Å². The molecular formula is C19H18F3N5O3S2. The molecule has 8 nitrogen and oxygen atoms in total. The Balaban J connectivity index is 1.62. The van der Waals surface area contributed by atoms with Crippen molar-refractivity contribution in [1.82, 2.24) is 19.5 Å². The lowest BCUT2D eigenvalue weighted by molar-refractivity contribution is 0.116. The van der Waals surface area contributed by atoms with Gasteiger partial charge in [-0.05, 0) is 30.3 Å². The normalized spacial score (nSPS) is 15.2. The van der Waals surface area contributed by atoms with Crippen LogP contribution in [-0.4, -0.2) is 52.5 Å². The summed E-state index contributed by atoms with van der Waals surface area (Å²) in [6.45, 7) is 0.561. The van der Waals surface area contributed by atoms with Gasteiger partial charge >= 0.3 is 16.6 Å². The summed E-state index contributed by atoms with van der Waals surface area (Å²) >= 11 is 1.67. The third-order valence-corrected chi connectivity index (χ3v) is 7.53. The number of hydrogen-bond donors (Lipinski definition) is 0. The van der Waals surface area contributed by atoms with Gasteiger partial charge in [0.2, 0.25) is 5.89 Å². The topological polar surface area (TPSA) is 92.4 Å². The molecule has 0 amide bonds. The molecule has 2 aromatic heterocycles. The predicted octanol–water partition coefficient (Wildman–Crippen LogP) is 3.51. The lowest BCUT2D eigenvalue weighted by Crippen LogP contribution is -2.47. The van der Waals surface area contributed by atoms with Crippen molar-refractivity contribution < 1.29 is 26.0 Å². The molecular weight excluding hydrogens is 467 g/mol. The quantitative estimate of drug-likeness (QED) is 0.506. The van der Waals surface area contributed by atoms with E-state index in [-0.39, 0.29) is 18.1 Å². The first-order valence-corrected chi connectivity index (χ1v) is 12.1. The van der Waals surface area contributed by atoms with Gasteiger partial charge in [0.1, 0.15) is 5.82 Å². The molecule has 1 aromatic carbocycles. The molecule has 3 heterocycles. The van der Waals surface area contributed by atoms with Crippen LogP contribution in [0.4, 0.5) is 18.9 Å². The Morgan fingerprint density at radius 3 is 2.56 bits per heavy atom. The van der Waals surface area contributed by atoms with Crippen LogP contribution in [0.25, 0.3) is 11.5 Å². The Morgan fingerprint density at radius 2 is 1.94 bits per heavy atom. The van der Waals surface area contributed by atoms with Crippen LogP contribution in [0, 0.1) is 5.82 Å². The number of halogens is 3. The highest BCUT2D eigenvalue weighted by atomic mass is 32.2. The summed E-state index contributed by atoms with van der Waals surface area (Å²) in [4.78, 5) is 4.22. The molecule has 32 heavy (non-hydrogen) atoms. The molecule has 0 N–H and O–H groups in total. The minimum absolute atomic E-state index is 0.125. The Hall–Kier alpha value is -2.64. The number of anilines is 1. The smallest absolute Gasteiger partial charge is 0.314 e. The molecule has 4 rings (SSSR count). The monoisotopic (exact) mass is 485 g/mol. The maximum atomic E-state index is 13.9. The van der Waals surface area contributed by atoms with Gasteiger partial charge in [-0.25, -0.2) is 4.39 Å². The number of thioether (sulfide) groups is 1. The summed E-state index contributed by atoms with van der Waals surface area (Å²) < 4.78 is 73.2. The largest absolute Gasteiger partial charge is 0.415 e. The van der Waals surface area contributed by atoms with Crippen LogP contribution in [-0.2, 0) is 16.8 Å². The molecule has 0 spiro atoms. The molecule has 0 atom stereocenters. The number of nitrogens with zero attached hydrogens (tertiary/aromatic N) is 5. The minimum Gasteiger partial charge on any atom is -0.415 e. The third kappa shape index (κ3) is 4.89. The SMILES string of the molecule is O=S(=O)(N1CCSCC1)N(Cc1ccc(-c2nnc(C(F)F)o2)cn1)c1cccc(F)c1. The molecule has 0 unspecified atom stereocenters. The van der Waals surface area contributed by atoms with Gasteiger partial charge in [0, 0.05) is 30.8 Å². The van der Waals surface area contributed by atoms with Crippen LogP contribution >= 0.6 is 11.8 Å². The van der Waals surface area contributed by atoms with E-state index in [1.54, 1.807) is 11.8 Å². The zero-order valence-corrected chi connectivity index (χ0v) is 18.2. The van der Waals surface area contributed by atoms with E-state index in [9.17, 15) is 21.6 Å². The highest BCUT2D eigenvalue weighted by molar-refractivity contribution is 7.99. The van der Waals surface area contributed by atoms with Gasteiger partial charge in [0.15, 0.2) is 0 Å². The van der Waals surface area contributed by atoms with Gasteiger partial charge in [0.25, 0.3) is 5.89 Å². The maximum absolute atomic E-state index is 13.9. The van der Waals surface area contributed by atoms with Crippen molar-refractivity contribution in [3.63, 3.8) is 0 Å². The zero-order chi connectivity index (χ0) is 22.7. The van der Waals surface area contributed by atoms with Gasteiger partial charge in [-0.1, -0.05) is 6.07 Å². The molecule has 3 aromatic rings. The molecule has 170 valence electrons. The second-order valence-electron chi connectivity index (χ2n) is 6.79. The standard InChI is InChI=1S/C19H18F3N5O3S2/c20-14-2-1-3-16(10-14)27(32(28,29)26-6-8-31-9-7-26)12-15-5-4-13(11-23-15)18-24-25-19(30-18)17(21)22/h1-5,10-11,17H,6-9,12H2. The van der Waals surface area contributed by atoms with E-state index >= 15 is 0 Å². The van der Waals surface area contributed by atoms with Crippen LogP contribution in [0.15, 0.2) is 47.0 Å². The number of rotatable bonds is 7. The second-order valence-corrected chi connectivity index (χ2v) is 9.87. The van der Waals surface area contributed by atoms with Crippen molar-refractivity contribution in [3.8, 4) is 11.5 Å². The Kier molecular flexibility index (Phi) is 6.67. The van der Waals surface area contributed by atoms with Gasteiger partial charge in [0.05, 0.1) is 23.5 Å². The molecule has 1 aliphatic heterocycles. The van der Waals surface area contributed by atoms with E-state index in [0.717, 1.165) is 10.4 Å². The van der Waals surface area contributed by atoms with Crippen LogP contribution in [0.3, 0.4) is 0 Å². The third-order valence-electron chi connectivity index (χ3n) is 4.68. The minimum atomic E-state index is -3.94. The lowest BCUT2D eigenvalue weighted by Gasteiger charge is -2.33. The Morgan fingerprint density at radius 1 is 1.16 bits per heavy atom. The summed E-state index contributed by atoms with van der Waals surface area (Å²) in [5.41, 5.74) is 0.843. The number of alkyl halides is 2. The first-order chi connectivity index (χ1) is 15.3. The second kappa shape index (κ2) is 9.46. The van der Waals surface area contributed by atoms with Crippen molar-refractivity contribution in [2.24, 2.45) is 0 Å². The van der Waals surface area contributed by atoms with Crippen molar-refractivity contribution in [2.45, 2.75) is 13.0 Å². The lowest BCUT2D eigenvalue weighted by atomic mass is 10.2. The summed E-state index contributed by atoms with van der Waals surface area (Å²) in [7, 11) is -3.94. The molecule has 0 bridgehead atoms. The number of aromatic nitrogens is 3. The fourth-order valence-corrected chi connectivity index (χ4v) is 5.82. The number of benzene rings is 1. The summed E-state index contributed by atoms with van der Waals surface area (Å²) in [6.07, 6.45) is -1.56. The molecule has 0 saturated carbocycles. The van der Waals surface area contributed by atoms with E-state index in [1.165, 1.54) is 40.8 Å². The summed E-state index contributed by atoms with van der Waals surface area (Å²) in [5, 5.41) is 6.83. The van der Waals surface area contributed by atoms with Crippen molar-refractivity contribution in [1.29, 1.82) is 0 Å². The number of pyridine rings is 1. The predicted molar refractivity (Wildman–Crippen MR) is 113 cm³/mol. The van der Waals surface area contributed by atoms with E-state index in [0.29, 0.717) is 35.9 Å². The Labute approximate surface area is 186 Å². The summed E-state index contributed by atoms with van der Waals surface area (Å²) in [5.74, 6) is -0.139. The number of hydrogen-bond acceptors (Lipinski definition) is 7. The van der Waals surface area contributed by atoms with E-state index in [1.807, 2.05) is 0 Å². The van der Waals surface area contributed by atoms with E-state index < -0.39 is 28.3 Å². The highest BCUT2D eigenvalue weighted by Crippen LogP contribution is 2.27. The van der Waals surface area contributed by atoms with Crippen LogP contribution in [0.1, 0.15) is 18.0 Å². The maximum Gasteiger partial charge on any atom is 0.314 e. The first kappa shape index (κ1) is 22.6. The molecule has 0 radical (unpaired) electrons. The van der Waals surface area contributed by atoms with E-state index in [4.69, 9.17) is 4.42 Å². The van der Waals surface area contributed by atoms with Gasteiger partial charge in [-0.3, -0.25) is 9.29 Å².